The van der Waals surface area contributed by atoms with Crippen molar-refractivity contribution in [3.05, 3.63) is 58.1 Å². The minimum atomic E-state index is -0.694. The number of hydrogen-bond donors (Lipinski definition) is 2. The van der Waals surface area contributed by atoms with E-state index in [4.69, 9.17) is 5.73 Å². The van der Waals surface area contributed by atoms with Gasteiger partial charge in [0.05, 0.1) is 11.4 Å². The van der Waals surface area contributed by atoms with Crippen molar-refractivity contribution in [2.45, 2.75) is 0 Å². The van der Waals surface area contributed by atoms with Crippen LogP contribution in [0.25, 0.3) is 0 Å². The maximum atomic E-state index is 13.5. The van der Waals surface area contributed by atoms with Gasteiger partial charge in [0.1, 0.15) is 11.6 Å². The third kappa shape index (κ3) is 2.90. The van der Waals surface area contributed by atoms with Crippen LogP contribution in [-0.2, 0) is 0 Å². The first kappa shape index (κ1) is 13.5. The molecule has 0 saturated carbocycles. The van der Waals surface area contributed by atoms with Gasteiger partial charge in [0.2, 0.25) is 0 Å². The van der Waals surface area contributed by atoms with Gasteiger partial charge in [-0.05, 0) is 46.3 Å². The third-order valence-corrected chi connectivity index (χ3v) is 3.12. The highest BCUT2D eigenvalue weighted by Gasteiger charge is 2.13. The Morgan fingerprint density at radius 1 is 1.16 bits per heavy atom. The lowest BCUT2D eigenvalue weighted by Gasteiger charge is -2.09. The van der Waals surface area contributed by atoms with Gasteiger partial charge in [0.25, 0.3) is 5.91 Å². The number of nitrogen functional groups attached to an aromatic ring is 1. The topological polar surface area (TPSA) is 55.1 Å². The molecule has 0 spiro atoms. The van der Waals surface area contributed by atoms with Crippen molar-refractivity contribution in [1.82, 2.24) is 0 Å². The lowest BCUT2D eigenvalue weighted by Crippen LogP contribution is -2.14. The molecule has 0 atom stereocenters. The molecule has 0 saturated heterocycles. The second-order valence-corrected chi connectivity index (χ2v) is 4.64. The number of amides is 1. The number of halogens is 3. The highest BCUT2D eigenvalue weighted by atomic mass is 79.9. The predicted molar refractivity (Wildman–Crippen MR) is 72.9 cm³/mol. The zero-order valence-electron chi connectivity index (χ0n) is 9.58. The van der Waals surface area contributed by atoms with Crippen LogP contribution >= 0.6 is 15.9 Å². The summed E-state index contributed by atoms with van der Waals surface area (Å²) in [5.41, 5.74) is 5.32. The maximum absolute atomic E-state index is 13.5. The summed E-state index contributed by atoms with van der Waals surface area (Å²) in [6.07, 6.45) is 0. The second-order valence-electron chi connectivity index (χ2n) is 3.79. The summed E-state index contributed by atoms with van der Waals surface area (Å²) in [5.74, 6) is -1.90. The molecule has 1 amide bonds. The zero-order chi connectivity index (χ0) is 14.0. The van der Waals surface area contributed by atoms with E-state index < -0.39 is 17.5 Å². The lowest BCUT2D eigenvalue weighted by molar-refractivity contribution is 0.102. The summed E-state index contributed by atoms with van der Waals surface area (Å²) in [7, 11) is 0. The molecule has 98 valence electrons. The van der Waals surface area contributed by atoms with Crippen molar-refractivity contribution < 1.29 is 13.6 Å². The number of nitrogens with one attached hydrogen (secondary N) is 1. The number of nitrogens with two attached hydrogens (primary N) is 1. The van der Waals surface area contributed by atoms with Crippen LogP contribution in [0.3, 0.4) is 0 Å². The van der Waals surface area contributed by atoms with Gasteiger partial charge in [0.15, 0.2) is 0 Å². The SMILES string of the molecule is Nc1ccc(C(=O)Nc2c(F)cccc2Br)cc1F. The summed E-state index contributed by atoms with van der Waals surface area (Å²) < 4.78 is 27.2. The van der Waals surface area contributed by atoms with E-state index in [-0.39, 0.29) is 16.9 Å². The van der Waals surface area contributed by atoms with Gasteiger partial charge in [-0.3, -0.25) is 4.79 Å². The van der Waals surface area contributed by atoms with Crippen molar-refractivity contribution in [2.24, 2.45) is 0 Å². The fraction of sp³-hybridized carbons (Fsp3) is 0. The van der Waals surface area contributed by atoms with E-state index in [0.717, 1.165) is 6.07 Å². The molecule has 3 N–H and O–H groups in total. The number of benzene rings is 2. The molecule has 2 rings (SSSR count). The van der Waals surface area contributed by atoms with Crippen LogP contribution in [0, 0.1) is 11.6 Å². The van der Waals surface area contributed by atoms with E-state index in [0.29, 0.717) is 4.47 Å². The van der Waals surface area contributed by atoms with Gasteiger partial charge >= 0.3 is 0 Å². The van der Waals surface area contributed by atoms with Crippen LogP contribution in [0.2, 0.25) is 0 Å². The fourth-order valence-electron chi connectivity index (χ4n) is 1.47. The fourth-order valence-corrected chi connectivity index (χ4v) is 1.91. The van der Waals surface area contributed by atoms with Crippen LogP contribution in [0.1, 0.15) is 10.4 Å². The monoisotopic (exact) mass is 326 g/mol. The minimum Gasteiger partial charge on any atom is -0.396 e. The Morgan fingerprint density at radius 2 is 1.89 bits per heavy atom. The average molecular weight is 327 g/mol. The van der Waals surface area contributed by atoms with Gasteiger partial charge in [-0.1, -0.05) is 6.07 Å². The van der Waals surface area contributed by atoms with Crippen molar-refractivity contribution in [3.8, 4) is 0 Å². The lowest BCUT2D eigenvalue weighted by atomic mass is 10.2. The number of rotatable bonds is 2. The normalized spacial score (nSPS) is 10.3. The van der Waals surface area contributed by atoms with Crippen LogP contribution in [0.5, 0.6) is 0 Å². The van der Waals surface area contributed by atoms with E-state index in [1.807, 2.05) is 0 Å². The summed E-state index contributed by atoms with van der Waals surface area (Å²) in [6.45, 7) is 0. The quantitative estimate of drug-likeness (QED) is 0.829. The van der Waals surface area contributed by atoms with E-state index in [2.05, 4.69) is 21.2 Å². The van der Waals surface area contributed by atoms with E-state index in [1.165, 1.54) is 24.3 Å². The summed E-state index contributed by atoms with van der Waals surface area (Å²) >= 11 is 3.13. The molecule has 0 fully saturated rings. The van der Waals surface area contributed by atoms with Gasteiger partial charge in [-0.25, -0.2) is 8.78 Å². The molecule has 0 heterocycles. The zero-order valence-corrected chi connectivity index (χ0v) is 11.2. The average Bonchev–Trinajstić information content (AvgIpc) is 2.37. The first-order chi connectivity index (χ1) is 8.99. The highest BCUT2D eigenvalue weighted by Crippen LogP contribution is 2.25. The Morgan fingerprint density at radius 3 is 2.53 bits per heavy atom. The Labute approximate surface area is 116 Å². The van der Waals surface area contributed by atoms with E-state index in [9.17, 15) is 13.6 Å². The van der Waals surface area contributed by atoms with Gasteiger partial charge in [0, 0.05) is 10.0 Å². The maximum Gasteiger partial charge on any atom is 0.255 e. The van der Waals surface area contributed by atoms with Gasteiger partial charge in [-0.15, -0.1) is 0 Å². The Balaban J connectivity index is 2.28. The number of carbonyl (C=O) groups excluding carboxylic acids is 1. The first-order valence-electron chi connectivity index (χ1n) is 5.29. The van der Waals surface area contributed by atoms with Crippen LogP contribution in [0.15, 0.2) is 40.9 Å². The molecule has 0 aromatic heterocycles. The third-order valence-electron chi connectivity index (χ3n) is 2.46. The number of para-hydroxylation sites is 1. The van der Waals surface area contributed by atoms with Crippen LogP contribution in [-0.4, -0.2) is 5.91 Å². The predicted octanol–water partition coefficient (Wildman–Crippen LogP) is 3.56. The Bertz CT molecular complexity index is 626. The van der Waals surface area contributed by atoms with E-state index in [1.54, 1.807) is 6.07 Å². The molecule has 0 bridgehead atoms. The highest BCUT2D eigenvalue weighted by molar-refractivity contribution is 9.10. The Hall–Kier alpha value is -1.95. The molecule has 2 aromatic carbocycles. The second kappa shape index (κ2) is 5.36. The summed E-state index contributed by atoms with van der Waals surface area (Å²) in [6, 6.07) is 7.94. The molecular formula is C13H9BrF2N2O. The molecule has 0 unspecified atom stereocenters. The van der Waals surface area contributed by atoms with Crippen LogP contribution < -0.4 is 11.1 Å². The standard InChI is InChI=1S/C13H9BrF2N2O/c14-8-2-1-3-9(15)12(8)18-13(19)7-4-5-11(17)10(16)6-7/h1-6H,17H2,(H,18,19). The Kier molecular flexibility index (Phi) is 3.80. The number of anilines is 2. The minimum absolute atomic E-state index is 0.00438. The smallest absolute Gasteiger partial charge is 0.255 e. The molecule has 0 aliphatic heterocycles. The summed E-state index contributed by atoms with van der Waals surface area (Å²) in [5, 5.41) is 2.37. The molecule has 0 aliphatic carbocycles. The molecule has 6 heteroatoms. The molecule has 0 aliphatic rings. The first-order valence-corrected chi connectivity index (χ1v) is 6.08. The van der Waals surface area contributed by atoms with E-state index >= 15 is 0 Å². The van der Waals surface area contributed by atoms with Crippen molar-refractivity contribution in [3.63, 3.8) is 0 Å². The molecule has 3 nitrogen and oxygen atoms in total. The van der Waals surface area contributed by atoms with Crippen molar-refractivity contribution in [1.29, 1.82) is 0 Å². The van der Waals surface area contributed by atoms with Crippen LogP contribution in [0.4, 0.5) is 20.2 Å². The molecule has 19 heavy (non-hydrogen) atoms. The van der Waals surface area contributed by atoms with Gasteiger partial charge < -0.3 is 11.1 Å². The number of hydrogen-bond acceptors (Lipinski definition) is 2. The molecular weight excluding hydrogens is 318 g/mol. The van der Waals surface area contributed by atoms with Crippen molar-refractivity contribution >= 4 is 33.2 Å². The summed E-state index contributed by atoms with van der Waals surface area (Å²) in [4.78, 5) is 11.9. The number of carbonyl (C=O) groups is 1. The molecule has 0 radical (unpaired) electrons. The van der Waals surface area contributed by atoms with Gasteiger partial charge in [-0.2, -0.15) is 0 Å². The van der Waals surface area contributed by atoms with Crippen molar-refractivity contribution in [2.75, 3.05) is 11.1 Å². The largest absolute Gasteiger partial charge is 0.396 e. The molecule has 2 aromatic rings.